The Kier molecular flexibility index (Phi) is 5.89. The van der Waals surface area contributed by atoms with Gasteiger partial charge >= 0.3 is 0 Å². The minimum absolute atomic E-state index is 0.0371. The van der Waals surface area contributed by atoms with Crippen molar-refractivity contribution < 1.29 is 4.79 Å². The average molecular weight is 434 g/mol. The van der Waals surface area contributed by atoms with Crippen LogP contribution in [-0.2, 0) is 18.4 Å². The Morgan fingerprint density at radius 1 is 1.13 bits per heavy atom. The summed E-state index contributed by atoms with van der Waals surface area (Å²) in [5.41, 5.74) is 7.40. The monoisotopic (exact) mass is 433 g/mol. The molecule has 1 amide bonds. The summed E-state index contributed by atoms with van der Waals surface area (Å²) >= 11 is 1.69. The van der Waals surface area contributed by atoms with Crippen molar-refractivity contribution >= 4 is 33.1 Å². The summed E-state index contributed by atoms with van der Waals surface area (Å²) in [6, 6.07) is 14.2. The molecule has 0 fully saturated rings. The number of anilines is 1. The van der Waals surface area contributed by atoms with Crippen molar-refractivity contribution in [3.05, 3.63) is 65.0 Å². The number of nitrogens with one attached hydrogen (secondary N) is 1. The van der Waals surface area contributed by atoms with E-state index in [1.807, 2.05) is 54.9 Å². The largest absolute Gasteiger partial charge is 0.325 e. The van der Waals surface area contributed by atoms with Gasteiger partial charge in [0.05, 0.1) is 22.5 Å². The van der Waals surface area contributed by atoms with Crippen LogP contribution in [0.1, 0.15) is 22.5 Å². The molecule has 160 valence electrons. The topological polar surface area (TPSA) is 63.1 Å². The van der Waals surface area contributed by atoms with Gasteiger partial charge in [-0.25, -0.2) is 4.98 Å². The molecule has 6 nitrogen and oxygen atoms in total. The SMILES string of the molecule is Cc1ccc2nc(-c3ccc(NC(=O)CN(C)Cc4c(C)nn(C)c4C)cc3)sc2c1. The highest BCUT2D eigenvalue weighted by Crippen LogP contribution is 2.31. The van der Waals surface area contributed by atoms with Crippen molar-refractivity contribution in [1.82, 2.24) is 19.7 Å². The van der Waals surface area contributed by atoms with E-state index in [0.29, 0.717) is 13.1 Å². The molecule has 0 aliphatic rings. The van der Waals surface area contributed by atoms with E-state index in [9.17, 15) is 4.79 Å². The molecule has 0 saturated carbocycles. The Balaban J connectivity index is 1.38. The van der Waals surface area contributed by atoms with E-state index in [1.165, 1.54) is 15.8 Å². The summed E-state index contributed by atoms with van der Waals surface area (Å²) in [5, 5.41) is 8.42. The minimum Gasteiger partial charge on any atom is -0.325 e. The van der Waals surface area contributed by atoms with Gasteiger partial charge in [0.15, 0.2) is 0 Å². The Hall–Kier alpha value is -3.03. The summed E-state index contributed by atoms with van der Waals surface area (Å²) in [6.07, 6.45) is 0. The van der Waals surface area contributed by atoms with Crippen molar-refractivity contribution in [3.8, 4) is 10.6 Å². The van der Waals surface area contributed by atoms with Crippen LogP contribution < -0.4 is 5.32 Å². The average Bonchev–Trinajstić information content (AvgIpc) is 3.24. The van der Waals surface area contributed by atoms with Crippen LogP contribution in [0.4, 0.5) is 5.69 Å². The summed E-state index contributed by atoms with van der Waals surface area (Å²) in [7, 11) is 3.89. The maximum Gasteiger partial charge on any atom is 0.238 e. The zero-order valence-electron chi connectivity index (χ0n) is 18.6. The number of rotatable bonds is 6. The summed E-state index contributed by atoms with van der Waals surface area (Å²) in [5.74, 6) is -0.0371. The van der Waals surface area contributed by atoms with Crippen LogP contribution >= 0.6 is 11.3 Å². The molecule has 31 heavy (non-hydrogen) atoms. The van der Waals surface area contributed by atoms with E-state index in [4.69, 9.17) is 4.98 Å². The number of fused-ring (bicyclic) bond motifs is 1. The molecule has 0 bridgehead atoms. The molecule has 4 rings (SSSR count). The van der Waals surface area contributed by atoms with Crippen LogP contribution in [0.5, 0.6) is 0 Å². The summed E-state index contributed by atoms with van der Waals surface area (Å²) < 4.78 is 3.07. The van der Waals surface area contributed by atoms with Gasteiger partial charge in [-0.3, -0.25) is 14.4 Å². The molecule has 0 aliphatic heterocycles. The molecule has 0 aliphatic carbocycles. The first-order valence-electron chi connectivity index (χ1n) is 10.3. The van der Waals surface area contributed by atoms with Gasteiger partial charge in [-0.2, -0.15) is 5.10 Å². The fourth-order valence-electron chi connectivity index (χ4n) is 3.67. The number of carbonyl (C=O) groups excluding carboxylic acids is 1. The van der Waals surface area contributed by atoms with Gasteiger partial charge in [-0.15, -0.1) is 11.3 Å². The molecule has 0 spiro atoms. The van der Waals surface area contributed by atoms with Crippen LogP contribution in [0.3, 0.4) is 0 Å². The van der Waals surface area contributed by atoms with Crippen molar-refractivity contribution in [3.63, 3.8) is 0 Å². The second-order valence-electron chi connectivity index (χ2n) is 8.06. The van der Waals surface area contributed by atoms with Crippen molar-refractivity contribution in [2.24, 2.45) is 7.05 Å². The second kappa shape index (κ2) is 8.61. The number of nitrogens with zero attached hydrogens (tertiary/aromatic N) is 4. The molecule has 0 unspecified atom stereocenters. The Labute approximate surface area is 186 Å². The van der Waals surface area contributed by atoms with E-state index in [1.54, 1.807) is 11.3 Å². The smallest absolute Gasteiger partial charge is 0.238 e. The first-order chi connectivity index (χ1) is 14.8. The molecule has 2 heterocycles. The van der Waals surface area contributed by atoms with Crippen molar-refractivity contribution in [2.75, 3.05) is 18.9 Å². The first kappa shape index (κ1) is 21.2. The van der Waals surface area contributed by atoms with Crippen LogP contribution in [0, 0.1) is 20.8 Å². The van der Waals surface area contributed by atoms with Crippen molar-refractivity contribution in [1.29, 1.82) is 0 Å². The number of likely N-dealkylation sites (N-methyl/N-ethyl adjacent to an activating group) is 1. The molecule has 0 saturated heterocycles. The van der Waals surface area contributed by atoms with Crippen molar-refractivity contribution in [2.45, 2.75) is 27.3 Å². The van der Waals surface area contributed by atoms with Gasteiger partial charge < -0.3 is 5.32 Å². The molecule has 2 aromatic carbocycles. The third-order valence-electron chi connectivity index (χ3n) is 5.46. The van der Waals surface area contributed by atoms with E-state index in [0.717, 1.165) is 33.2 Å². The highest BCUT2D eigenvalue weighted by atomic mass is 32.1. The third-order valence-corrected chi connectivity index (χ3v) is 6.53. The Bertz CT molecular complexity index is 1240. The third kappa shape index (κ3) is 4.68. The maximum absolute atomic E-state index is 12.5. The van der Waals surface area contributed by atoms with E-state index < -0.39 is 0 Å². The van der Waals surface area contributed by atoms with E-state index in [-0.39, 0.29) is 5.91 Å². The summed E-state index contributed by atoms with van der Waals surface area (Å²) in [4.78, 5) is 19.2. The van der Waals surface area contributed by atoms with Gasteiger partial charge in [-0.05, 0) is 69.8 Å². The predicted molar refractivity (Wildman–Crippen MR) is 127 cm³/mol. The minimum atomic E-state index is -0.0371. The fourth-order valence-corrected chi connectivity index (χ4v) is 4.74. The van der Waals surface area contributed by atoms with Gasteiger partial charge in [-0.1, -0.05) is 6.07 Å². The quantitative estimate of drug-likeness (QED) is 0.479. The zero-order valence-corrected chi connectivity index (χ0v) is 19.4. The number of hydrogen-bond donors (Lipinski definition) is 1. The molecule has 2 aromatic heterocycles. The van der Waals surface area contributed by atoms with E-state index in [2.05, 4.69) is 42.5 Å². The van der Waals surface area contributed by atoms with Gasteiger partial charge in [0.1, 0.15) is 5.01 Å². The highest BCUT2D eigenvalue weighted by molar-refractivity contribution is 7.21. The van der Waals surface area contributed by atoms with E-state index >= 15 is 0 Å². The van der Waals surface area contributed by atoms with Crippen LogP contribution in [0.2, 0.25) is 0 Å². The molecule has 4 aromatic rings. The number of benzene rings is 2. The molecule has 1 N–H and O–H groups in total. The van der Waals surface area contributed by atoms with Crippen LogP contribution in [-0.4, -0.2) is 39.2 Å². The van der Waals surface area contributed by atoms with Gasteiger partial charge in [0, 0.05) is 36.1 Å². The predicted octanol–water partition coefficient (Wildman–Crippen LogP) is 4.69. The van der Waals surface area contributed by atoms with Crippen LogP contribution in [0.15, 0.2) is 42.5 Å². The molecule has 0 atom stereocenters. The second-order valence-corrected chi connectivity index (χ2v) is 9.09. The lowest BCUT2D eigenvalue weighted by Gasteiger charge is -2.16. The lowest BCUT2D eigenvalue weighted by atomic mass is 10.2. The molecule has 7 heteroatoms. The number of amides is 1. The van der Waals surface area contributed by atoms with Crippen LogP contribution in [0.25, 0.3) is 20.8 Å². The zero-order chi connectivity index (χ0) is 22.1. The standard InChI is InChI=1S/C24H27N5OS/c1-15-6-11-21-22(12-15)31-24(26-21)18-7-9-19(10-8-18)25-23(30)14-28(4)13-20-16(2)27-29(5)17(20)3/h6-12H,13-14H2,1-5H3,(H,25,30). The number of thiazole rings is 1. The lowest BCUT2D eigenvalue weighted by molar-refractivity contribution is -0.117. The summed E-state index contributed by atoms with van der Waals surface area (Å²) in [6.45, 7) is 7.15. The normalized spacial score (nSPS) is 11.4. The molecule has 0 radical (unpaired) electrons. The molecular formula is C24H27N5OS. The number of carbonyl (C=O) groups is 1. The lowest BCUT2D eigenvalue weighted by Crippen LogP contribution is -2.30. The fraction of sp³-hybridized carbons (Fsp3) is 0.292. The molecular weight excluding hydrogens is 406 g/mol. The number of aromatic nitrogens is 3. The first-order valence-corrected chi connectivity index (χ1v) is 11.1. The highest BCUT2D eigenvalue weighted by Gasteiger charge is 2.14. The maximum atomic E-state index is 12.5. The Morgan fingerprint density at radius 2 is 1.87 bits per heavy atom. The van der Waals surface area contributed by atoms with Gasteiger partial charge in [0.25, 0.3) is 0 Å². The Morgan fingerprint density at radius 3 is 2.55 bits per heavy atom. The number of aryl methyl sites for hydroxylation is 3. The van der Waals surface area contributed by atoms with Gasteiger partial charge in [0.2, 0.25) is 5.91 Å². The number of hydrogen-bond acceptors (Lipinski definition) is 5.